The van der Waals surface area contributed by atoms with Crippen molar-refractivity contribution in [2.45, 2.75) is 26.2 Å². The maximum atomic E-state index is 11.8. The lowest BCUT2D eigenvalue weighted by molar-refractivity contribution is -0.136. The highest BCUT2D eigenvalue weighted by Gasteiger charge is 2.09. The number of carboxylic acid groups (broad SMARTS) is 1. The number of nitrogens with one attached hydrogen (secondary N) is 3. The highest BCUT2D eigenvalue weighted by Crippen LogP contribution is 2.15. The van der Waals surface area contributed by atoms with Crippen molar-refractivity contribution in [2.75, 3.05) is 22.3 Å². The molecule has 0 aliphatic carbocycles. The zero-order valence-electron chi connectivity index (χ0n) is 12.8. The van der Waals surface area contributed by atoms with Crippen molar-refractivity contribution in [3.8, 4) is 0 Å². The molecule has 0 aliphatic rings. The molecule has 0 aromatic heterocycles. The number of unbranched alkanes of at least 4 members (excludes halogenated alkanes) is 1. The van der Waals surface area contributed by atoms with E-state index in [-0.39, 0.29) is 18.7 Å². The van der Waals surface area contributed by atoms with Crippen molar-refractivity contribution in [2.24, 2.45) is 0 Å². The summed E-state index contributed by atoms with van der Waals surface area (Å²) in [5.41, 5.74) is 0.882. The van der Waals surface area contributed by atoms with Crippen LogP contribution < -0.4 is 15.4 Å². The van der Waals surface area contributed by atoms with Crippen molar-refractivity contribution in [3.05, 3.63) is 24.3 Å². The van der Waals surface area contributed by atoms with Gasteiger partial charge in [-0.05, 0) is 30.7 Å². The average Bonchev–Trinajstić information content (AvgIpc) is 2.46. The number of carbonyl (C=O) groups is 2. The third kappa shape index (κ3) is 8.05. The molecule has 0 bridgehead atoms. The fourth-order valence-corrected chi connectivity index (χ4v) is 2.91. The molecule has 2 amide bonds. The Morgan fingerprint density at radius 1 is 1.13 bits per heavy atom. The van der Waals surface area contributed by atoms with Gasteiger partial charge in [0.05, 0.1) is 12.2 Å². The van der Waals surface area contributed by atoms with Gasteiger partial charge in [0.1, 0.15) is 0 Å². The maximum absolute atomic E-state index is 11.8. The summed E-state index contributed by atoms with van der Waals surface area (Å²) < 4.78 is 26.0. The van der Waals surface area contributed by atoms with Gasteiger partial charge in [0.25, 0.3) is 0 Å². The van der Waals surface area contributed by atoms with Crippen LogP contribution in [0.2, 0.25) is 0 Å². The van der Waals surface area contributed by atoms with E-state index in [1.54, 1.807) is 12.1 Å². The van der Waals surface area contributed by atoms with Crippen LogP contribution in [0.25, 0.3) is 0 Å². The molecule has 23 heavy (non-hydrogen) atoms. The molecule has 128 valence electrons. The summed E-state index contributed by atoms with van der Waals surface area (Å²) in [5, 5.41) is 13.4. The average molecular weight is 343 g/mol. The van der Waals surface area contributed by atoms with E-state index in [4.69, 9.17) is 5.11 Å². The van der Waals surface area contributed by atoms with Gasteiger partial charge in [-0.15, -0.1) is 0 Å². The normalized spacial score (nSPS) is 10.8. The molecule has 0 radical (unpaired) electrons. The molecule has 0 heterocycles. The fourth-order valence-electron chi connectivity index (χ4n) is 1.64. The van der Waals surface area contributed by atoms with Gasteiger partial charge >= 0.3 is 12.0 Å². The molecular weight excluding hydrogens is 322 g/mol. The Balaban J connectivity index is 2.50. The lowest BCUT2D eigenvalue weighted by Gasteiger charge is -2.09. The van der Waals surface area contributed by atoms with Crippen LogP contribution in [-0.4, -0.2) is 37.8 Å². The van der Waals surface area contributed by atoms with Gasteiger partial charge in [-0.2, -0.15) is 0 Å². The summed E-state index contributed by atoms with van der Waals surface area (Å²) in [6.07, 6.45) is 1.22. The fraction of sp³-hybridized carbons (Fsp3) is 0.429. The van der Waals surface area contributed by atoms with Gasteiger partial charge < -0.3 is 15.7 Å². The second-order valence-corrected chi connectivity index (χ2v) is 6.72. The van der Waals surface area contributed by atoms with E-state index in [1.165, 1.54) is 12.1 Å². The Labute approximate surface area is 135 Å². The molecule has 0 aliphatic heterocycles. The lowest BCUT2D eigenvalue weighted by Crippen LogP contribution is -2.30. The number of hydrogen-bond acceptors (Lipinski definition) is 4. The molecule has 1 aromatic carbocycles. The van der Waals surface area contributed by atoms with Crippen molar-refractivity contribution in [1.82, 2.24) is 5.32 Å². The summed E-state index contributed by atoms with van der Waals surface area (Å²) >= 11 is 0. The number of sulfonamides is 1. The number of carboxylic acids is 1. The van der Waals surface area contributed by atoms with E-state index in [0.29, 0.717) is 17.8 Å². The molecule has 0 atom stereocenters. The van der Waals surface area contributed by atoms with Crippen LogP contribution in [-0.2, 0) is 14.8 Å². The number of amides is 2. The molecule has 4 N–H and O–H groups in total. The zero-order chi connectivity index (χ0) is 17.3. The number of anilines is 2. The van der Waals surface area contributed by atoms with E-state index in [2.05, 4.69) is 15.4 Å². The first-order chi connectivity index (χ1) is 10.8. The first-order valence-corrected chi connectivity index (χ1v) is 8.85. The molecular formula is C14H21N3O5S. The number of aliphatic carboxylic acids is 1. The van der Waals surface area contributed by atoms with Crippen LogP contribution in [0.5, 0.6) is 0 Å². The molecule has 1 rings (SSSR count). The van der Waals surface area contributed by atoms with E-state index in [0.717, 1.165) is 6.42 Å². The van der Waals surface area contributed by atoms with Crippen LogP contribution in [0.3, 0.4) is 0 Å². The number of hydrogen-bond donors (Lipinski definition) is 4. The quantitative estimate of drug-likeness (QED) is 0.544. The van der Waals surface area contributed by atoms with Crippen LogP contribution >= 0.6 is 0 Å². The maximum Gasteiger partial charge on any atom is 0.319 e. The molecule has 8 nitrogen and oxygen atoms in total. The Hall–Kier alpha value is -2.29. The Bertz CT molecular complexity index is 628. The minimum absolute atomic E-state index is 0.0243. The topological polar surface area (TPSA) is 125 Å². The summed E-state index contributed by atoms with van der Waals surface area (Å²) in [4.78, 5) is 21.8. The summed E-state index contributed by atoms with van der Waals surface area (Å²) in [5.74, 6) is -0.930. The molecule has 9 heteroatoms. The highest BCUT2D eigenvalue weighted by atomic mass is 32.2. The van der Waals surface area contributed by atoms with E-state index in [1.807, 2.05) is 6.92 Å². The Kier molecular flexibility index (Phi) is 7.33. The second kappa shape index (κ2) is 8.99. The summed E-state index contributed by atoms with van der Waals surface area (Å²) in [7, 11) is -3.36. The lowest BCUT2D eigenvalue weighted by atomic mass is 10.3. The molecule has 1 aromatic rings. The molecule has 0 saturated carbocycles. The van der Waals surface area contributed by atoms with Crippen molar-refractivity contribution >= 4 is 33.4 Å². The first-order valence-electron chi connectivity index (χ1n) is 7.19. The van der Waals surface area contributed by atoms with E-state index >= 15 is 0 Å². The zero-order valence-corrected chi connectivity index (χ0v) is 13.6. The van der Waals surface area contributed by atoms with Gasteiger partial charge in [-0.1, -0.05) is 13.3 Å². The third-order valence-corrected chi connectivity index (χ3v) is 4.18. The van der Waals surface area contributed by atoms with Crippen molar-refractivity contribution < 1.29 is 23.1 Å². The minimum atomic E-state index is -3.36. The second-order valence-electron chi connectivity index (χ2n) is 4.88. The third-order valence-electron chi connectivity index (χ3n) is 2.81. The highest BCUT2D eigenvalue weighted by molar-refractivity contribution is 7.92. The van der Waals surface area contributed by atoms with Gasteiger partial charge in [-0.3, -0.25) is 9.52 Å². The van der Waals surface area contributed by atoms with Gasteiger partial charge in [-0.25, -0.2) is 13.2 Å². The van der Waals surface area contributed by atoms with Crippen molar-refractivity contribution in [1.29, 1.82) is 0 Å². The molecule has 0 fully saturated rings. The van der Waals surface area contributed by atoms with Crippen LogP contribution in [0.15, 0.2) is 24.3 Å². The van der Waals surface area contributed by atoms with Gasteiger partial charge in [0.15, 0.2) is 0 Å². The standard InChI is InChI=1S/C14H21N3O5S/c1-2-3-10-23(21,22)17-12-6-4-11(5-7-12)16-14(20)15-9-8-13(18)19/h4-7,17H,2-3,8-10H2,1H3,(H,18,19)(H2,15,16,20). The van der Waals surface area contributed by atoms with Gasteiger partial charge in [0, 0.05) is 17.9 Å². The first kappa shape index (κ1) is 18.8. The van der Waals surface area contributed by atoms with Crippen molar-refractivity contribution in [3.63, 3.8) is 0 Å². The monoisotopic (exact) mass is 343 g/mol. The summed E-state index contributed by atoms with van der Waals surface area (Å²) in [6.45, 7) is 1.94. The van der Waals surface area contributed by atoms with Gasteiger partial charge in [0.2, 0.25) is 10.0 Å². The summed E-state index contributed by atoms with van der Waals surface area (Å²) in [6, 6.07) is 5.65. The number of carbonyl (C=O) groups excluding carboxylic acids is 1. The van der Waals surface area contributed by atoms with E-state index < -0.39 is 22.0 Å². The Morgan fingerprint density at radius 3 is 2.30 bits per heavy atom. The molecule has 0 saturated heterocycles. The Morgan fingerprint density at radius 2 is 1.74 bits per heavy atom. The predicted octanol–water partition coefficient (Wildman–Crippen LogP) is 1.82. The molecule has 0 unspecified atom stereocenters. The minimum Gasteiger partial charge on any atom is -0.481 e. The van der Waals surface area contributed by atoms with E-state index in [9.17, 15) is 18.0 Å². The SMILES string of the molecule is CCCCS(=O)(=O)Nc1ccc(NC(=O)NCCC(=O)O)cc1. The largest absolute Gasteiger partial charge is 0.481 e. The van der Waals surface area contributed by atoms with Crippen LogP contribution in [0.1, 0.15) is 26.2 Å². The number of urea groups is 1. The predicted molar refractivity (Wildman–Crippen MR) is 88.0 cm³/mol. The van der Waals surface area contributed by atoms with Crippen LogP contribution in [0, 0.1) is 0 Å². The number of rotatable bonds is 9. The smallest absolute Gasteiger partial charge is 0.319 e. The molecule has 0 spiro atoms. The number of benzene rings is 1. The van der Waals surface area contributed by atoms with Crippen LogP contribution in [0.4, 0.5) is 16.2 Å².